The van der Waals surface area contributed by atoms with Gasteiger partial charge >= 0.3 is 0 Å². The van der Waals surface area contributed by atoms with Gasteiger partial charge in [-0.1, -0.05) is 0 Å². The summed E-state index contributed by atoms with van der Waals surface area (Å²) in [4.78, 5) is 0.281. The van der Waals surface area contributed by atoms with E-state index in [1.807, 2.05) is 0 Å². The number of hydrogen-bond donors (Lipinski definition) is 0. The molecule has 0 atom stereocenters. The zero-order chi connectivity index (χ0) is 17.9. The van der Waals surface area contributed by atoms with Crippen molar-refractivity contribution in [1.82, 2.24) is 4.31 Å². The molecular weight excluding hydrogens is 342 g/mol. The summed E-state index contributed by atoms with van der Waals surface area (Å²) in [5.74, 6) is 2.18. The Morgan fingerprint density at radius 2 is 1.84 bits per heavy atom. The van der Waals surface area contributed by atoms with Gasteiger partial charge < -0.3 is 14.2 Å². The van der Waals surface area contributed by atoms with E-state index >= 15 is 0 Å². The zero-order valence-electron chi connectivity index (χ0n) is 14.3. The minimum Gasteiger partial charge on any atom is -0.497 e. The van der Waals surface area contributed by atoms with Gasteiger partial charge in [0.1, 0.15) is 23.9 Å². The summed E-state index contributed by atoms with van der Waals surface area (Å²) in [6.45, 7) is 1.11. The Bertz CT molecular complexity index is 833. The van der Waals surface area contributed by atoms with Gasteiger partial charge in [0.2, 0.25) is 10.0 Å². The number of hydrogen-bond acceptors (Lipinski definition) is 5. The number of ether oxygens (including phenoxy) is 3. The topological polar surface area (TPSA) is 65.1 Å². The van der Waals surface area contributed by atoms with Crippen LogP contribution in [0.15, 0.2) is 47.4 Å². The third-order valence-electron chi connectivity index (χ3n) is 4.10. The molecule has 25 heavy (non-hydrogen) atoms. The first-order valence-corrected chi connectivity index (χ1v) is 9.43. The van der Waals surface area contributed by atoms with Gasteiger partial charge in [-0.25, -0.2) is 8.42 Å². The fraction of sp³-hybridized carbons (Fsp3) is 0.333. The maximum atomic E-state index is 12.7. The SMILES string of the molecule is COc1ccc(OCCN(C)S(=O)(=O)c2ccc3c(c2)CCO3)cc1. The molecular formula is C18H21NO5S. The number of rotatable bonds is 7. The smallest absolute Gasteiger partial charge is 0.242 e. The lowest BCUT2D eigenvalue weighted by atomic mass is 10.2. The molecule has 0 bridgehead atoms. The average Bonchev–Trinajstić information content (AvgIpc) is 3.10. The molecule has 0 saturated carbocycles. The number of benzene rings is 2. The lowest BCUT2D eigenvalue weighted by molar-refractivity contribution is 0.286. The van der Waals surface area contributed by atoms with Crippen molar-refractivity contribution in [3.8, 4) is 17.2 Å². The second-order valence-corrected chi connectivity index (χ2v) is 7.76. The van der Waals surface area contributed by atoms with Gasteiger partial charge in [-0.05, 0) is 48.0 Å². The number of sulfonamides is 1. The second-order valence-electron chi connectivity index (χ2n) is 5.72. The summed E-state index contributed by atoms with van der Waals surface area (Å²) in [5.41, 5.74) is 0.934. The lowest BCUT2D eigenvalue weighted by Crippen LogP contribution is -2.31. The summed E-state index contributed by atoms with van der Waals surface area (Å²) in [6.07, 6.45) is 0.739. The van der Waals surface area contributed by atoms with Crippen molar-refractivity contribution in [1.29, 1.82) is 0 Å². The fourth-order valence-electron chi connectivity index (χ4n) is 2.59. The Hall–Kier alpha value is -2.25. The fourth-order valence-corrected chi connectivity index (χ4v) is 3.79. The van der Waals surface area contributed by atoms with Gasteiger partial charge in [0, 0.05) is 20.0 Å². The summed E-state index contributed by atoms with van der Waals surface area (Å²) < 4.78 is 42.7. The molecule has 0 unspecified atom stereocenters. The Balaban J connectivity index is 1.60. The Labute approximate surface area is 148 Å². The van der Waals surface area contributed by atoms with Gasteiger partial charge in [-0.15, -0.1) is 0 Å². The van der Waals surface area contributed by atoms with E-state index in [4.69, 9.17) is 14.2 Å². The third-order valence-corrected chi connectivity index (χ3v) is 5.96. The molecule has 1 aliphatic heterocycles. The molecule has 2 aromatic carbocycles. The molecule has 2 aromatic rings. The van der Waals surface area contributed by atoms with Crippen molar-refractivity contribution in [2.45, 2.75) is 11.3 Å². The van der Waals surface area contributed by atoms with Gasteiger partial charge in [0.15, 0.2) is 0 Å². The van der Waals surface area contributed by atoms with Crippen LogP contribution in [0.1, 0.15) is 5.56 Å². The van der Waals surface area contributed by atoms with Crippen LogP contribution in [0.25, 0.3) is 0 Å². The molecule has 134 valence electrons. The first kappa shape index (κ1) is 17.6. The van der Waals surface area contributed by atoms with Crippen molar-refractivity contribution < 1.29 is 22.6 Å². The van der Waals surface area contributed by atoms with Gasteiger partial charge in [0.25, 0.3) is 0 Å². The van der Waals surface area contributed by atoms with Crippen LogP contribution in [-0.4, -0.2) is 46.6 Å². The number of nitrogens with zero attached hydrogens (tertiary/aromatic N) is 1. The van der Waals surface area contributed by atoms with Gasteiger partial charge in [0.05, 0.1) is 18.6 Å². The van der Waals surface area contributed by atoms with Crippen molar-refractivity contribution in [2.24, 2.45) is 0 Å². The highest BCUT2D eigenvalue weighted by atomic mass is 32.2. The second kappa shape index (κ2) is 7.33. The average molecular weight is 363 g/mol. The largest absolute Gasteiger partial charge is 0.497 e. The van der Waals surface area contributed by atoms with Crippen LogP contribution in [0.2, 0.25) is 0 Å². The molecule has 3 rings (SSSR count). The van der Waals surface area contributed by atoms with Crippen molar-refractivity contribution in [3.05, 3.63) is 48.0 Å². The monoisotopic (exact) mass is 363 g/mol. The maximum absolute atomic E-state index is 12.7. The predicted octanol–water partition coefficient (Wildman–Crippen LogP) is 2.33. The van der Waals surface area contributed by atoms with E-state index in [9.17, 15) is 8.42 Å². The first-order chi connectivity index (χ1) is 12.0. The third kappa shape index (κ3) is 3.88. The van der Waals surface area contributed by atoms with Crippen molar-refractivity contribution in [3.63, 3.8) is 0 Å². The standard InChI is InChI=1S/C18H21NO5S/c1-19(10-12-23-16-5-3-15(22-2)4-6-16)25(20,21)17-7-8-18-14(13-17)9-11-24-18/h3-8,13H,9-12H2,1-2H3. The summed E-state index contributed by atoms with van der Waals surface area (Å²) in [7, 11) is -0.398. The van der Waals surface area contributed by atoms with Crippen molar-refractivity contribution in [2.75, 3.05) is 33.9 Å². The molecule has 0 radical (unpaired) electrons. The van der Waals surface area contributed by atoms with Crippen LogP contribution in [-0.2, 0) is 16.4 Å². The maximum Gasteiger partial charge on any atom is 0.242 e. The molecule has 0 aliphatic carbocycles. The minimum absolute atomic E-state index is 0.252. The molecule has 1 heterocycles. The van der Waals surface area contributed by atoms with E-state index in [0.717, 1.165) is 23.5 Å². The molecule has 6 nitrogen and oxygen atoms in total. The van der Waals surface area contributed by atoms with Crippen LogP contribution in [0.3, 0.4) is 0 Å². The molecule has 0 N–H and O–H groups in total. The lowest BCUT2D eigenvalue weighted by Gasteiger charge is -2.18. The van der Waals surface area contributed by atoms with Gasteiger partial charge in [-0.3, -0.25) is 0 Å². The van der Waals surface area contributed by atoms with E-state index in [2.05, 4.69) is 0 Å². The number of methoxy groups -OCH3 is 1. The molecule has 0 fully saturated rings. The Kier molecular flexibility index (Phi) is 5.15. The quantitative estimate of drug-likeness (QED) is 0.755. The van der Waals surface area contributed by atoms with Crippen LogP contribution in [0, 0.1) is 0 Å². The highest BCUT2D eigenvalue weighted by Crippen LogP contribution is 2.28. The van der Waals surface area contributed by atoms with Crippen LogP contribution in [0.4, 0.5) is 0 Å². The molecule has 7 heteroatoms. The predicted molar refractivity (Wildman–Crippen MR) is 93.9 cm³/mol. The molecule has 0 aromatic heterocycles. The van der Waals surface area contributed by atoms with Crippen LogP contribution in [0.5, 0.6) is 17.2 Å². The zero-order valence-corrected chi connectivity index (χ0v) is 15.1. The van der Waals surface area contributed by atoms with E-state index in [1.54, 1.807) is 56.6 Å². The summed E-state index contributed by atoms with van der Waals surface area (Å²) in [5, 5.41) is 0. The van der Waals surface area contributed by atoms with Crippen LogP contribution < -0.4 is 14.2 Å². The Morgan fingerprint density at radius 3 is 2.56 bits per heavy atom. The van der Waals surface area contributed by atoms with E-state index in [-0.39, 0.29) is 18.0 Å². The molecule has 1 aliphatic rings. The Morgan fingerprint density at radius 1 is 1.12 bits per heavy atom. The van der Waals surface area contributed by atoms with Crippen LogP contribution >= 0.6 is 0 Å². The highest BCUT2D eigenvalue weighted by molar-refractivity contribution is 7.89. The van der Waals surface area contributed by atoms with E-state index in [1.165, 1.54) is 4.31 Å². The minimum atomic E-state index is -3.55. The van der Waals surface area contributed by atoms with E-state index < -0.39 is 10.0 Å². The highest BCUT2D eigenvalue weighted by Gasteiger charge is 2.23. The van der Waals surface area contributed by atoms with Crippen molar-refractivity contribution >= 4 is 10.0 Å². The molecule has 0 amide bonds. The molecule has 0 saturated heterocycles. The van der Waals surface area contributed by atoms with E-state index in [0.29, 0.717) is 12.4 Å². The number of likely N-dealkylation sites (N-methyl/N-ethyl adjacent to an activating group) is 1. The first-order valence-electron chi connectivity index (χ1n) is 7.99. The van der Waals surface area contributed by atoms with Gasteiger partial charge in [-0.2, -0.15) is 4.31 Å². The molecule has 0 spiro atoms. The number of fused-ring (bicyclic) bond motifs is 1. The normalized spacial score (nSPS) is 13.4. The summed E-state index contributed by atoms with van der Waals surface area (Å²) in [6, 6.07) is 12.2. The summed E-state index contributed by atoms with van der Waals surface area (Å²) >= 11 is 0.